The first kappa shape index (κ1) is 23.1. The van der Waals surface area contributed by atoms with Gasteiger partial charge in [0.2, 0.25) is 5.78 Å². The second-order valence-corrected chi connectivity index (χ2v) is 9.20. The number of ketones is 2. The van der Waals surface area contributed by atoms with E-state index in [1.165, 1.54) is 0 Å². The smallest absolute Gasteiger partial charge is 0.217 e. The van der Waals surface area contributed by atoms with Crippen LogP contribution < -0.4 is 0 Å². The van der Waals surface area contributed by atoms with Gasteiger partial charge in [-0.1, -0.05) is 23.2 Å². The molecular weight excluding hydrogens is 423 g/mol. The largest absolute Gasteiger partial charge is 0.372 e. The van der Waals surface area contributed by atoms with Crippen LogP contribution in [0.1, 0.15) is 13.8 Å². The van der Waals surface area contributed by atoms with Gasteiger partial charge in [0.05, 0.1) is 0 Å². The number of piperazine rings is 2. The topological polar surface area (TPSA) is 47.1 Å². The van der Waals surface area contributed by atoms with E-state index in [2.05, 4.69) is 47.5 Å². The van der Waals surface area contributed by atoms with E-state index in [0.29, 0.717) is 12.1 Å². The summed E-state index contributed by atoms with van der Waals surface area (Å²) in [5.41, 5.74) is 0.395. The number of rotatable bonds is 4. The third-order valence-electron chi connectivity index (χ3n) is 5.99. The van der Waals surface area contributed by atoms with Crippen molar-refractivity contribution >= 4 is 34.8 Å². The number of likely N-dealkylation sites (N-methyl/N-ethyl adjacent to an activating group) is 2. The molecule has 0 bridgehead atoms. The highest BCUT2D eigenvalue weighted by molar-refractivity contribution is 6.59. The summed E-state index contributed by atoms with van der Waals surface area (Å²) in [4.78, 5) is 34.5. The predicted molar refractivity (Wildman–Crippen MR) is 121 cm³/mol. The van der Waals surface area contributed by atoms with Gasteiger partial charge in [0.1, 0.15) is 10.1 Å². The SMILES string of the molecule is CC1CN(C)CCN1/C=C/C1=C(Cl)C(=O)C(Cl)=C(/C=C/N2CCN(C)CC2C)C1=O. The van der Waals surface area contributed by atoms with Crippen LogP contribution in [-0.4, -0.2) is 96.6 Å². The van der Waals surface area contributed by atoms with E-state index in [4.69, 9.17) is 23.2 Å². The van der Waals surface area contributed by atoms with Gasteiger partial charge in [0.25, 0.3) is 0 Å². The molecule has 2 aliphatic heterocycles. The van der Waals surface area contributed by atoms with Crippen molar-refractivity contribution in [3.63, 3.8) is 0 Å². The Morgan fingerprint density at radius 1 is 0.733 bits per heavy atom. The average molecular weight is 453 g/mol. The summed E-state index contributed by atoms with van der Waals surface area (Å²) in [6, 6.07) is 0.622. The molecule has 30 heavy (non-hydrogen) atoms. The molecule has 2 saturated heterocycles. The van der Waals surface area contributed by atoms with Gasteiger partial charge >= 0.3 is 0 Å². The van der Waals surface area contributed by atoms with E-state index >= 15 is 0 Å². The van der Waals surface area contributed by atoms with E-state index < -0.39 is 5.78 Å². The molecule has 0 amide bonds. The first-order chi connectivity index (χ1) is 14.2. The zero-order chi connectivity index (χ0) is 22.0. The predicted octanol–water partition coefficient (Wildman–Crippen LogP) is 2.42. The first-order valence-electron chi connectivity index (χ1n) is 10.3. The van der Waals surface area contributed by atoms with Crippen LogP contribution in [0.2, 0.25) is 0 Å². The van der Waals surface area contributed by atoms with Gasteiger partial charge in [0, 0.05) is 74.9 Å². The highest BCUT2D eigenvalue weighted by Gasteiger charge is 2.31. The fourth-order valence-electron chi connectivity index (χ4n) is 4.07. The van der Waals surface area contributed by atoms with Gasteiger partial charge in [-0.25, -0.2) is 0 Å². The number of carbonyl (C=O) groups excluding carboxylic acids is 2. The number of carbonyl (C=O) groups is 2. The summed E-state index contributed by atoms with van der Waals surface area (Å²) in [6.07, 6.45) is 7.04. The second-order valence-electron chi connectivity index (χ2n) is 8.44. The van der Waals surface area contributed by atoms with E-state index in [1.54, 1.807) is 12.2 Å². The van der Waals surface area contributed by atoms with Crippen LogP contribution in [0.5, 0.6) is 0 Å². The van der Waals surface area contributed by atoms with Crippen molar-refractivity contribution in [2.24, 2.45) is 0 Å². The lowest BCUT2D eigenvalue weighted by Crippen LogP contribution is -2.47. The van der Waals surface area contributed by atoms with Crippen LogP contribution in [0.4, 0.5) is 0 Å². The summed E-state index contributed by atoms with van der Waals surface area (Å²) in [6.45, 7) is 9.73. The molecule has 2 fully saturated rings. The van der Waals surface area contributed by atoms with Crippen molar-refractivity contribution < 1.29 is 9.59 Å². The van der Waals surface area contributed by atoms with Crippen LogP contribution in [-0.2, 0) is 9.59 Å². The molecule has 2 unspecified atom stereocenters. The Labute approximate surface area is 189 Å². The number of Topliss-reactive ketones (excluding diaryl/α,β-unsaturated/α-hetero) is 2. The lowest BCUT2D eigenvalue weighted by Gasteiger charge is -2.37. The molecule has 2 heterocycles. The molecule has 0 saturated carbocycles. The Morgan fingerprint density at radius 3 is 1.50 bits per heavy atom. The number of allylic oxidation sites excluding steroid dienone is 6. The van der Waals surface area contributed by atoms with Crippen LogP contribution in [0.25, 0.3) is 0 Å². The van der Waals surface area contributed by atoms with Gasteiger partial charge in [-0.3, -0.25) is 9.59 Å². The summed E-state index contributed by atoms with van der Waals surface area (Å²) < 4.78 is 0. The summed E-state index contributed by atoms with van der Waals surface area (Å²) in [5.74, 6) is -0.823. The fourth-order valence-corrected chi connectivity index (χ4v) is 4.61. The molecule has 164 valence electrons. The van der Waals surface area contributed by atoms with Crippen molar-refractivity contribution in [2.45, 2.75) is 25.9 Å². The van der Waals surface area contributed by atoms with Crippen LogP contribution in [0, 0.1) is 0 Å². The van der Waals surface area contributed by atoms with Crippen molar-refractivity contribution in [3.05, 3.63) is 45.8 Å². The van der Waals surface area contributed by atoms with Crippen LogP contribution in [0.15, 0.2) is 45.8 Å². The molecule has 0 radical (unpaired) electrons. The minimum Gasteiger partial charge on any atom is -0.372 e. The van der Waals surface area contributed by atoms with Crippen molar-refractivity contribution in [1.29, 1.82) is 0 Å². The second kappa shape index (κ2) is 9.69. The third kappa shape index (κ3) is 4.99. The molecule has 3 aliphatic rings. The molecule has 2 atom stereocenters. The van der Waals surface area contributed by atoms with Crippen LogP contribution >= 0.6 is 23.2 Å². The molecular formula is C22H30Cl2N4O2. The van der Waals surface area contributed by atoms with E-state index in [-0.39, 0.29) is 27.0 Å². The Hall–Kier alpha value is -1.60. The van der Waals surface area contributed by atoms with Gasteiger partial charge in [-0.15, -0.1) is 0 Å². The quantitative estimate of drug-likeness (QED) is 0.610. The van der Waals surface area contributed by atoms with Crippen molar-refractivity contribution in [3.8, 4) is 0 Å². The summed E-state index contributed by atoms with van der Waals surface area (Å²) in [5, 5.41) is -0.235. The highest BCUT2D eigenvalue weighted by Crippen LogP contribution is 2.31. The Balaban J connectivity index is 1.78. The van der Waals surface area contributed by atoms with Gasteiger partial charge in [0.15, 0.2) is 5.78 Å². The van der Waals surface area contributed by atoms with Gasteiger partial charge < -0.3 is 19.6 Å². The zero-order valence-corrected chi connectivity index (χ0v) is 19.6. The first-order valence-corrected chi connectivity index (χ1v) is 11.1. The van der Waals surface area contributed by atoms with Crippen LogP contribution in [0.3, 0.4) is 0 Å². The van der Waals surface area contributed by atoms with E-state index in [1.807, 2.05) is 12.4 Å². The summed E-state index contributed by atoms with van der Waals surface area (Å²) >= 11 is 12.5. The summed E-state index contributed by atoms with van der Waals surface area (Å²) in [7, 11) is 4.18. The maximum atomic E-state index is 13.1. The lowest BCUT2D eigenvalue weighted by atomic mass is 9.95. The zero-order valence-electron chi connectivity index (χ0n) is 18.1. The third-order valence-corrected chi connectivity index (χ3v) is 6.74. The van der Waals surface area contributed by atoms with Gasteiger partial charge in [-0.05, 0) is 40.1 Å². The Kier molecular flexibility index (Phi) is 7.45. The lowest BCUT2D eigenvalue weighted by molar-refractivity contribution is -0.115. The molecule has 0 aromatic rings. The van der Waals surface area contributed by atoms with Crippen molar-refractivity contribution in [2.75, 3.05) is 53.4 Å². The minimum atomic E-state index is -0.505. The molecule has 8 heteroatoms. The fraction of sp³-hybridized carbons (Fsp3) is 0.545. The highest BCUT2D eigenvalue weighted by atomic mass is 35.5. The standard InChI is InChI=1S/C22H30Cl2N4O2/c1-15-13-25(3)9-11-27(15)7-5-17-19(23)22(30)20(24)18(21(17)29)6-8-28-12-10-26(4)14-16(28)2/h5-8,15-16H,9-14H2,1-4H3/b7-5+,8-6+. The maximum Gasteiger partial charge on any atom is 0.217 e. The molecule has 0 aromatic heterocycles. The Morgan fingerprint density at radius 2 is 1.13 bits per heavy atom. The monoisotopic (exact) mass is 452 g/mol. The number of hydrogen-bond donors (Lipinski definition) is 0. The molecule has 0 N–H and O–H groups in total. The van der Waals surface area contributed by atoms with Gasteiger partial charge in [-0.2, -0.15) is 0 Å². The molecule has 1 aliphatic carbocycles. The van der Waals surface area contributed by atoms with E-state index in [9.17, 15) is 9.59 Å². The molecule has 3 rings (SSSR count). The minimum absolute atomic E-state index is 0.117. The maximum absolute atomic E-state index is 13.1. The van der Waals surface area contributed by atoms with Crippen molar-refractivity contribution in [1.82, 2.24) is 19.6 Å². The number of nitrogens with zero attached hydrogens (tertiary/aromatic N) is 4. The average Bonchev–Trinajstić information content (AvgIpc) is 2.69. The number of halogens is 2. The Bertz CT molecular complexity index is 769. The number of hydrogen-bond acceptors (Lipinski definition) is 6. The molecule has 6 nitrogen and oxygen atoms in total. The normalized spacial score (nSPS) is 28.1. The molecule has 0 aromatic carbocycles. The molecule has 0 spiro atoms. The van der Waals surface area contributed by atoms with E-state index in [0.717, 1.165) is 39.3 Å².